The predicted octanol–water partition coefficient (Wildman–Crippen LogP) is 2.58. The van der Waals surface area contributed by atoms with Gasteiger partial charge in [-0.1, -0.05) is 45.4 Å². The normalized spacial score (nSPS) is 7.88. The second-order valence-electron chi connectivity index (χ2n) is 2.17. The number of halogens is 1. The van der Waals surface area contributed by atoms with Gasteiger partial charge in [0.05, 0.1) is 16.3 Å². The molecule has 0 fully saturated rings. The zero-order valence-electron chi connectivity index (χ0n) is 10.2. The fourth-order valence-electron chi connectivity index (χ4n) is 0.813. The highest BCUT2D eigenvalue weighted by Gasteiger charge is 2.09. The molecule has 0 aromatic heterocycles. The summed E-state index contributed by atoms with van der Waals surface area (Å²) in [4.78, 5) is 11.0. The van der Waals surface area contributed by atoms with Crippen molar-refractivity contribution in [1.82, 2.24) is 5.43 Å². The van der Waals surface area contributed by atoms with Gasteiger partial charge in [-0.3, -0.25) is 10.2 Å². The molecule has 0 heterocycles. The van der Waals surface area contributed by atoms with Gasteiger partial charge in [0, 0.05) is 0 Å². The number of hydrogen-bond donors (Lipinski definition) is 3. The molecule has 0 saturated carbocycles. The maximum absolute atomic E-state index is 11.0. The Balaban J connectivity index is 0. The summed E-state index contributed by atoms with van der Waals surface area (Å²) in [5.74, 6) is 4.48. The number of anilines is 1. The van der Waals surface area contributed by atoms with Crippen LogP contribution in [0.1, 0.15) is 38.1 Å². The van der Waals surface area contributed by atoms with Crippen LogP contribution in [0.15, 0.2) is 18.2 Å². The van der Waals surface area contributed by atoms with Crippen LogP contribution in [0.4, 0.5) is 5.69 Å². The molecule has 5 heteroatoms. The molecule has 4 nitrogen and oxygen atoms in total. The van der Waals surface area contributed by atoms with Crippen LogP contribution in [-0.4, -0.2) is 5.91 Å². The molecule has 1 aromatic rings. The van der Waals surface area contributed by atoms with Gasteiger partial charge < -0.3 is 5.73 Å². The second-order valence-corrected chi connectivity index (χ2v) is 2.58. The van der Waals surface area contributed by atoms with Gasteiger partial charge in [-0.15, -0.1) is 0 Å². The van der Waals surface area contributed by atoms with Gasteiger partial charge in [0.2, 0.25) is 0 Å². The first-order valence-corrected chi connectivity index (χ1v) is 5.59. The van der Waals surface area contributed by atoms with Gasteiger partial charge >= 0.3 is 0 Å². The van der Waals surface area contributed by atoms with Gasteiger partial charge in [-0.05, 0) is 12.1 Å². The predicted molar refractivity (Wildman–Crippen MR) is 70.2 cm³/mol. The summed E-state index contributed by atoms with van der Waals surface area (Å²) >= 11 is 5.67. The van der Waals surface area contributed by atoms with Crippen molar-refractivity contribution in [2.75, 3.05) is 5.73 Å². The molecule has 0 aliphatic rings. The fraction of sp³-hybridized carbons (Fsp3) is 0.364. The molecular formula is C11H20ClN3O. The highest BCUT2D eigenvalue weighted by atomic mass is 35.5. The highest BCUT2D eigenvalue weighted by molar-refractivity contribution is 6.33. The Morgan fingerprint density at radius 2 is 1.75 bits per heavy atom. The Bertz CT molecular complexity index is 316. The van der Waals surface area contributed by atoms with Crippen LogP contribution in [0.3, 0.4) is 0 Å². The molecule has 0 radical (unpaired) electrons. The first-order chi connectivity index (χ1) is 7.66. The molecule has 0 saturated heterocycles. The molecule has 1 rings (SSSR count). The first-order valence-electron chi connectivity index (χ1n) is 5.21. The summed E-state index contributed by atoms with van der Waals surface area (Å²) in [6.45, 7) is 8.00. The third-order valence-electron chi connectivity index (χ3n) is 1.43. The van der Waals surface area contributed by atoms with E-state index in [9.17, 15) is 4.79 Å². The molecular weight excluding hydrogens is 226 g/mol. The Hall–Kier alpha value is -1.26. The summed E-state index contributed by atoms with van der Waals surface area (Å²) in [5.41, 5.74) is 8.00. The van der Waals surface area contributed by atoms with Crippen LogP contribution in [0, 0.1) is 0 Å². The van der Waals surface area contributed by atoms with Gasteiger partial charge in [-0.2, -0.15) is 0 Å². The third kappa shape index (κ3) is 5.00. The van der Waals surface area contributed by atoms with Gasteiger partial charge in [0.25, 0.3) is 5.91 Å². The van der Waals surface area contributed by atoms with Crippen LogP contribution in [0.25, 0.3) is 0 Å². The number of benzene rings is 1. The van der Waals surface area contributed by atoms with E-state index in [2.05, 4.69) is 0 Å². The van der Waals surface area contributed by atoms with Crippen LogP contribution >= 0.6 is 11.6 Å². The monoisotopic (exact) mass is 245 g/mol. The number of amides is 1. The number of nitrogen functional groups attached to an aromatic ring is 2. The number of rotatable bonds is 1. The van der Waals surface area contributed by atoms with E-state index in [0.717, 1.165) is 0 Å². The largest absolute Gasteiger partial charge is 0.397 e. The topological polar surface area (TPSA) is 81.1 Å². The highest BCUT2D eigenvalue weighted by Crippen LogP contribution is 2.21. The van der Waals surface area contributed by atoms with Crippen molar-refractivity contribution in [2.45, 2.75) is 27.7 Å². The number of carbonyl (C=O) groups excluding carboxylic acids is 1. The van der Waals surface area contributed by atoms with E-state index in [1.54, 1.807) is 18.2 Å². The van der Waals surface area contributed by atoms with Crippen molar-refractivity contribution in [3.05, 3.63) is 28.8 Å². The van der Waals surface area contributed by atoms with E-state index in [-0.39, 0.29) is 11.3 Å². The van der Waals surface area contributed by atoms with Gasteiger partial charge in [0.15, 0.2) is 0 Å². The minimum absolute atomic E-state index is 0.238. The van der Waals surface area contributed by atoms with Crippen LogP contribution in [-0.2, 0) is 0 Å². The summed E-state index contributed by atoms with van der Waals surface area (Å²) in [6, 6.07) is 4.77. The van der Waals surface area contributed by atoms with Crippen LogP contribution < -0.4 is 17.0 Å². The van der Waals surface area contributed by atoms with E-state index in [0.29, 0.717) is 5.02 Å². The maximum Gasteiger partial charge on any atom is 0.267 e. The number of hydrogen-bond acceptors (Lipinski definition) is 3. The Kier molecular flexibility index (Phi) is 11.0. The minimum Gasteiger partial charge on any atom is -0.397 e. The number of nitrogens with two attached hydrogens (primary N) is 2. The van der Waals surface area contributed by atoms with Gasteiger partial charge in [0.1, 0.15) is 0 Å². The van der Waals surface area contributed by atoms with E-state index in [1.165, 1.54) is 0 Å². The molecule has 0 atom stereocenters. The van der Waals surface area contributed by atoms with E-state index in [4.69, 9.17) is 23.2 Å². The summed E-state index contributed by atoms with van der Waals surface area (Å²) in [6.07, 6.45) is 0. The van der Waals surface area contributed by atoms with Crippen molar-refractivity contribution >= 4 is 23.2 Å². The number of carbonyl (C=O) groups is 1. The van der Waals surface area contributed by atoms with E-state index >= 15 is 0 Å². The van der Waals surface area contributed by atoms with Crippen LogP contribution in [0.5, 0.6) is 0 Å². The Labute approximate surface area is 102 Å². The Morgan fingerprint density at radius 1 is 1.25 bits per heavy atom. The standard InChI is InChI=1S/C7H8ClN3O.2C2H6/c8-5-3-1-2-4(6(5)9)7(12)11-10;2*1-2/h1-3H,9-10H2,(H,11,12);2*1-2H3. The quantitative estimate of drug-likeness (QED) is 0.308. The average Bonchev–Trinajstić information content (AvgIpc) is 2.37. The van der Waals surface area contributed by atoms with Gasteiger partial charge in [-0.25, -0.2) is 5.84 Å². The van der Waals surface area contributed by atoms with E-state index in [1.807, 2.05) is 33.1 Å². The summed E-state index contributed by atoms with van der Waals surface area (Å²) < 4.78 is 0. The fourth-order valence-corrected chi connectivity index (χ4v) is 0.987. The molecule has 0 spiro atoms. The van der Waals surface area contributed by atoms with Crippen molar-refractivity contribution in [1.29, 1.82) is 0 Å². The third-order valence-corrected chi connectivity index (χ3v) is 1.76. The number of para-hydroxylation sites is 1. The van der Waals surface area contributed by atoms with Crippen LogP contribution in [0.2, 0.25) is 5.02 Å². The zero-order valence-corrected chi connectivity index (χ0v) is 10.9. The summed E-state index contributed by atoms with van der Waals surface area (Å²) in [5, 5.41) is 0.344. The molecule has 1 amide bonds. The molecule has 0 aliphatic heterocycles. The minimum atomic E-state index is -0.449. The molecule has 1 aromatic carbocycles. The molecule has 0 aliphatic carbocycles. The lowest BCUT2D eigenvalue weighted by Gasteiger charge is -2.04. The summed E-state index contributed by atoms with van der Waals surface area (Å²) in [7, 11) is 0. The number of nitrogens with one attached hydrogen (secondary N) is 1. The molecule has 5 N–H and O–H groups in total. The lowest BCUT2D eigenvalue weighted by molar-refractivity contribution is 0.0954. The smallest absolute Gasteiger partial charge is 0.267 e. The first kappa shape index (κ1) is 17.1. The second kappa shape index (κ2) is 10.3. The SMILES string of the molecule is CC.CC.NNC(=O)c1cccc(Cl)c1N. The molecule has 0 unspecified atom stereocenters. The van der Waals surface area contributed by atoms with Crippen molar-refractivity contribution in [3.63, 3.8) is 0 Å². The lowest BCUT2D eigenvalue weighted by atomic mass is 10.2. The molecule has 92 valence electrons. The van der Waals surface area contributed by atoms with Crippen molar-refractivity contribution in [3.8, 4) is 0 Å². The van der Waals surface area contributed by atoms with E-state index < -0.39 is 5.91 Å². The Morgan fingerprint density at radius 3 is 2.19 bits per heavy atom. The lowest BCUT2D eigenvalue weighted by Crippen LogP contribution is -2.30. The maximum atomic E-state index is 11.0. The van der Waals surface area contributed by atoms with Crippen molar-refractivity contribution in [2.24, 2.45) is 5.84 Å². The molecule has 16 heavy (non-hydrogen) atoms. The van der Waals surface area contributed by atoms with Crippen molar-refractivity contribution < 1.29 is 4.79 Å². The molecule has 0 bridgehead atoms. The zero-order chi connectivity index (χ0) is 13.1. The number of hydrazine groups is 1. The average molecular weight is 246 g/mol.